The Morgan fingerprint density at radius 3 is 2.54 bits per heavy atom. The van der Waals surface area contributed by atoms with Crippen LogP contribution in [0.3, 0.4) is 0 Å². The third kappa shape index (κ3) is 4.69. The van der Waals surface area contributed by atoms with Gasteiger partial charge in [0.05, 0.1) is 17.0 Å². The van der Waals surface area contributed by atoms with Crippen molar-refractivity contribution in [1.82, 2.24) is 4.90 Å². The molecule has 0 atom stereocenters. The molecule has 0 unspecified atom stereocenters. The largest absolute Gasteiger partial charge is 0.452 e. The molecule has 7 nitrogen and oxygen atoms in total. The highest BCUT2D eigenvalue weighted by atomic mass is 32.2. The number of carbonyl (C=O) groups is 2. The van der Waals surface area contributed by atoms with Gasteiger partial charge in [-0.15, -0.1) is 0 Å². The molecule has 0 bridgehead atoms. The molecule has 2 aromatic rings. The molecular weight excluding hydrogens is 380 g/mol. The van der Waals surface area contributed by atoms with Crippen molar-refractivity contribution in [2.75, 3.05) is 30.3 Å². The van der Waals surface area contributed by atoms with Crippen LogP contribution in [0.4, 0.5) is 5.69 Å². The number of benzene rings is 2. The van der Waals surface area contributed by atoms with Crippen molar-refractivity contribution < 1.29 is 22.7 Å². The zero-order valence-corrected chi connectivity index (χ0v) is 16.4. The van der Waals surface area contributed by atoms with Gasteiger partial charge in [0.15, 0.2) is 6.61 Å². The van der Waals surface area contributed by atoms with Crippen LogP contribution in [0.1, 0.15) is 22.3 Å². The van der Waals surface area contributed by atoms with E-state index in [1.165, 1.54) is 21.3 Å². The molecule has 28 heavy (non-hydrogen) atoms. The number of rotatable bonds is 6. The van der Waals surface area contributed by atoms with Crippen LogP contribution in [-0.4, -0.2) is 51.1 Å². The quantitative estimate of drug-likeness (QED) is 0.691. The van der Waals surface area contributed by atoms with Crippen LogP contribution < -0.4 is 4.31 Å². The number of amides is 1. The predicted octanol–water partition coefficient (Wildman–Crippen LogP) is 2.04. The van der Waals surface area contributed by atoms with Gasteiger partial charge in [-0.3, -0.25) is 9.10 Å². The van der Waals surface area contributed by atoms with E-state index in [2.05, 4.69) is 0 Å². The second-order valence-electron chi connectivity index (χ2n) is 6.60. The third-order valence-corrected chi connectivity index (χ3v) is 6.35. The first kappa shape index (κ1) is 19.9. The van der Waals surface area contributed by atoms with Gasteiger partial charge < -0.3 is 9.64 Å². The van der Waals surface area contributed by atoms with Crippen LogP contribution in [0, 0.1) is 0 Å². The molecule has 1 aliphatic rings. The normalized spacial score (nSPS) is 15.2. The highest BCUT2D eigenvalue weighted by Crippen LogP contribution is 2.25. The fraction of sp³-hybridized carbons (Fsp3) is 0.300. The number of likely N-dealkylation sites (N-methyl/N-ethyl adjacent to an activating group) is 1. The maximum Gasteiger partial charge on any atom is 0.338 e. The van der Waals surface area contributed by atoms with Gasteiger partial charge >= 0.3 is 5.97 Å². The highest BCUT2D eigenvalue weighted by Gasteiger charge is 2.28. The summed E-state index contributed by atoms with van der Waals surface area (Å²) in [7, 11) is -1.69. The zero-order chi connectivity index (χ0) is 20.1. The summed E-state index contributed by atoms with van der Waals surface area (Å²) < 4.78 is 30.5. The van der Waals surface area contributed by atoms with E-state index in [1.54, 1.807) is 19.2 Å². The number of nitrogens with zero attached hydrogens (tertiary/aromatic N) is 2. The average molecular weight is 402 g/mol. The van der Waals surface area contributed by atoms with Crippen molar-refractivity contribution in [1.29, 1.82) is 0 Å². The molecule has 0 N–H and O–H groups in total. The summed E-state index contributed by atoms with van der Waals surface area (Å²) in [6.45, 7) is 0.428. The Bertz CT molecular complexity index is 960. The Morgan fingerprint density at radius 1 is 1.11 bits per heavy atom. The van der Waals surface area contributed by atoms with Crippen molar-refractivity contribution in [2.45, 2.75) is 13.0 Å². The van der Waals surface area contributed by atoms with E-state index < -0.39 is 16.0 Å². The van der Waals surface area contributed by atoms with Crippen molar-refractivity contribution in [3.63, 3.8) is 0 Å². The Hall–Kier alpha value is -2.87. The molecule has 1 fully saturated rings. The molecule has 0 aromatic heterocycles. The molecular formula is C20H22N2O5S. The molecule has 1 saturated heterocycles. The van der Waals surface area contributed by atoms with Crippen LogP contribution in [0.5, 0.6) is 0 Å². The van der Waals surface area contributed by atoms with Crippen molar-refractivity contribution in [3.8, 4) is 0 Å². The highest BCUT2D eigenvalue weighted by molar-refractivity contribution is 7.93. The molecule has 3 rings (SSSR count). The summed E-state index contributed by atoms with van der Waals surface area (Å²) >= 11 is 0. The van der Waals surface area contributed by atoms with Gasteiger partial charge in [-0.1, -0.05) is 36.4 Å². The van der Waals surface area contributed by atoms with E-state index in [0.29, 0.717) is 25.2 Å². The lowest BCUT2D eigenvalue weighted by atomic mass is 10.2. The average Bonchev–Trinajstić information content (AvgIpc) is 3.05. The minimum absolute atomic E-state index is 0.101. The molecule has 0 saturated carbocycles. The summed E-state index contributed by atoms with van der Waals surface area (Å²) in [6.07, 6.45) is 0.555. The maximum absolute atomic E-state index is 12.3. The summed E-state index contributed by atoms with van der Waals surface area (Å²) in [4.78, 5) is 26.0. The fourth-order valence-electron chi connectivity index (χ4n) is 2.98. The first-order valence-corrected chi connectivity index (χ1v) is 10.5. The number of esters is 1. The lowest BCUT2D eigenvalue weighted by Crippen LogP contribution is -2.30. The Labute approximate surface area is 164 Å². The van der Waals surface area contributed by atoms with Gasteiger partial charge in [0, 0.05) is 20.1 Å². The minimum atomic E-state index is -3.33. The standard InChI is InChI=1S/C20H22N2O5S/c1-21(14-16-7-3-2-4-8-16)19(23)15-27-20(24)17-9-5-10-18(13-17)22-11-6-12-28(22,25)26/h2-5,7-10,13H,6,11-12,14-15H2,1H3. The van der Waals surface area contributed by atoms with E-state index in [1.807, 2.05) is 30.3 Å². The van der Waals surface area contributed by atoms with Gasteiger partial charge in [0.25, 0.3) is 5.91 Å². The van der Waals surface area contributed by atoms with Crippen molar-refractivity contribution >= 4 is 27.6 Å². The monoisotopic (exact) mass is 402 g/mol. The summed E-state index contributed by atoms with van der Waals surface area (Å²) in [5.74, 6) is -0.889. The number of anilines is 1. The number of carbonyl (C=O) groups excluding carboxylic acids is 2. The Balaban J connectivity index is 1.59. The van der Waals surface area contributed by atoms with Gasteiger partial charge in [0.2, 0.25) is 10.0 Å². The molecule has 1 aliphatic heterocycles. The molecule has 1 heterocycles. The molecule has 2 aromatic carbocycles. The second-order valence-corrected chi connectivity index (χ2v) is 8.62. The molecule has 0 spiro atoms. The maximum atomic E-state index is 12.3. The lowest BCUT2D eigenvalue weighted by molar-refractivity contribution is -0.133. The van der Waals surface area contributed by atoms with E-state index in [0.717, 1.165) is 5.56 Å². The molecule has 0 aliphatic carbocycles. The third-order valence-electron chi connectivity index (χ3n) is 4.48. The van der Waals surface area contributed by atoms with Gasteiger partial charge in [-0.25, -0.2) is 13.2 Å². The van der Waals surface area contributed by atoms with Crippen LogP contribution >= 0.6 is 0 Å². The number of hydrogen-bond acceptors (Lipinski definition) is 5. The number of ether oxygens (including phenoxy) is 1. The van der Waals surface area contributed by atoms with E-state index in [9.17, 15) is 18.0 Å². The molecule has 0 radical (unpaired) electrons. The van der Waals surface area contributed by atoms with Gasteiger partial charge in [0.1, 0.15) is 0 Å². The van der Waals surface area contributed by atoms with E-state index in [-0.39, 0.29) is 23.8 Å². The Morgan fingerprint density at radius 2 is 1.86 bits per heavy atom. The first-order chi connectivity index (χ1) is 13.4. The predicted molar refractivity (Wildman–Crippen MR) is 105 cm³/mol. The smallest absolute Gasteiger partial charge is 0.338 e. The summed E-state index contributed by atoms with van der Waals surface area (Å²) in [5, 5.41) is 0. The lowest BCUT2D eigenvalue weighted by Gasteiger charge is -2.18. The number of sulfonamides is 1. The van der Waals surface area contributed by atoms with Crippen molar-refractivity contribution in [2.24, 2.45) is 0 Å². The zero-order valence-electron chi connectivity index (χ0n) is 15.6. The second kappa shape index (κ2) is 8.43. The van der Waals surface area contributed by atoms with Gasteiger partial charge in [-0.05, 0) is 30.2 Å². The first-order valence-electron chi connectivity index (χ1n) is 8.92. The van der Waals surface area contributed by atoms with E-state index >= 15 is 0 Å². The topological polar surface area (TPSA) is 84.0 Å². The van der Waals surface area contributed by atoms with Crippen LogP contribution in [-0.2, 0) is 26.1 Å². The van der Waals surface area contributed by atoms with Crippen LogP contribution in [0.25, 0.3) is 0 Å². The molecule has 148 valence electrons. The summed E-state index contributed by atoms with van der Waals surface area (Å²) in [5.41, 5.74) is 1.61. The fourth-order valence-corrected chi connectivity index (χ4v) is 4.54. The Kier molecular flexibility index (Phi) is 5.99. The number of hydrogen-bond donors (Lipinski definition) is 0. The minimum Gasteiger partial charge on any atom is -0.452 e. The van der Waals surface area contributed by atoms with Crippen LogP contribution in [0.15, 0.2) is 54.6 Å². The van der Waals surface area contributed by atoms with Crippen molar-refractivity contribution in [3.05, 3.63) is 65.7 Å². The van der Waals surface area contributed by atoms with Gasteiger partial charge in [-0.2, -0.15) is 0 Å². The van der Waals surface area contributed by atoms with E-state index in [4.69, 9.17) is 4.74 Å². The summed E-state index contributed by atoms with van der Waals surface area (Å²) in [6, 6.07) is 15.7. The molecule has 8 heteroatoms. The molecule has 1 amide bonds. The SMILES string of the molecule is CN(Cc1ccccc1)C(=O)COC(=O)c1cccc(N2CCCS2(=O)=O)c1. The van der Waals surface area contributed by atoms with Crippen LogP contribution in [0.2, 0.25) is 0 Å².